The molecule has 0 aromatic carbocycles. The van der Waals surface area contributed by atoms with Crippen molar-refractivity contribution in [2.75, 3.05) is 32.7 Å². The van der Waals surface area contributed by atoms with Gasteiger partial charge in [0.2, 0.25) is 0 Å². The first-order valence-electron chi connectivity index (χ1n) is 17.3. The number of ether oxygens (including phenoxy) is 2. The van der Waals surface area contributed by atoms with E-state index in [1.54, 1.807) is 6.92 Å². The van der Waals surface area contributed by atoms with E-state index in [4.69, 9.17) is 9.47 Å². The Morgan fingerprint density at radius 2 is 1.62 bits per heavy atom. The van der Waals surface area contributed by atoms with Gasteiger partial charge in [0.25, 0.3) is 0 Å². The lowest BCUT2D eigenvalue weighted by Gasteiger charge is -2.59. The standard InChI is InChI=1S/C36H55N2O4/c1-28(39)41-32-19-15-11-7-3-6-10-14-18-24-38-26-30-25-35(27-38)21-16-12-8-4-5-9-13-17-22-37-23-20-31(30)36(38,34(35)37)33(32)42-29(2)40/h6-7,10-11,15,19,30-34H,3-5,8-9,12-14,16-18,20-27H2,1-2H3/q+1/b10-6-,11-7-,19-15+. The van der Waals surface area contributed by atoms with Gasteiger partial charge in [-0.05, 0) is 57.7 Å². The monoisotopic (exact) mass is 579 g/mol. The lowest BCUT2D eigenvalue weighted by Crippen LogP contribution is -2.77. The Morgan fingerprint density at radius 3 is 2.40 bits per heavy atom. The zero-order valence-electron chi connectivity index (χ0n) is 26.3. The molecule has 6 bridgehead atoms. The fourth-order valence-corrected chi connectivity index (χ4v) is 11.3. The molecule has 8 atom stereocenters. The lowest BCUT2D eigenvalue weighted by atomic mass is 9.52. The molecule has 6 nitrogen and oxygen atoms in total. The summed E-state index contributed by atoms with van der Waals surface area (Å²) in [5, 5.41) is 0. The van der Waals surface area contributed by atoms with Crippen molar-refractivity contribution in [1.82, 2.24) is 4.90 Å². The molecule has 7 rings (SSSR count). The number of carbonyl (C=O) groups excluding carboxylic acids is 2. The maximum absolute atomic E-state index is 13.1. The number of allylic oxidation sites excluding steroid dienone is 5. The van der Waals surface area contributed by atoms with Gasteiger partial charge in [-0.25, -0.2) is 0 Å². The highest BCUT2D eigenvalue weighted by atomic mass is 16.6. The zero-order chi connectivity index (χ0) is 29.2. The molecule has 0 aromatic heterocycles. The molecule has 6 fully saturated rings. The normalized spacial score (nSPS) is 44.8. The van der Waals surface area contributed by atoms with E-state index in [0.717, 1.165) is 49.8 Å². The lowest BCUT2D eigenvalue weighted by molar-refractivity contribution is -0.964. The number of hydrogen-bond donors (Lipinski definition) is 0. The summed E-state index contributed by atoms with van der Waals surface area (Å²) >= 11 is 0. The second kappa shape index (κ2) is 12.6. The van der Waals surface area contributed by atoms with Crippen LogP contribution in [0.4, 0.5) is 0 Å². The molecule has 6 aliphatic heterocycles. The van der Waals surface area contributed by atoms with Crippen LogP contribution in [-0.4, -0.2) is 77.8 Å². The molecule has 7 aliphatic rings. The van der Waals surface area contributed by atoms with Gasteiger partial charge in [0, 0.05) is 37.5 Å². The number of esters is 2. The first kappa shape index (κ1) is 30.1. The molecule has 6 heterocycles. The topological polar surface area (TPSA) is 55.8 Å². The molecule has 1 saturated carbocycles. The molecule has 232 valence electrons. The van der Waals surface area contributed by atoms with Gasteiger partial charge in [-0.1, -0.05) is 75.3 Å². The van der Waals surface area contributed by atoms with Crippen LogP contribution in [0.15, 0.2) is 36.5 Å². The van der Waals surface area contributed by atoms with E-state index in [1.165, 1.54) is 84.2 Å². The van der Waals surface area contributed by atoms with Crippen LogP contribution in [0.1, 0.15) is 104 Å². The average molecular weight is 580 g/mol. The molecular formula is C36H55N2O4+. The Hall–Kier alpha value is -1.92. The Morgan fingerprint density at radius 1 is 0.857 bits per heavy atom. The van der Waals surface area contributed by atoms with E-state index in [9.17, 15) is 9.59 Å². The molecule has 5 saturated heterocycles. The van der Waals surface area contributed by atoms with Gasteiger partial charge in [0.1, 0.15) is 0 Å². The summed E-state index contributed by atoms with van der Waals surface area (Å²) in [6.07, 6.45) is 29.3. The number of nitrogens with zero attached hydrogens (tertiary/aromatic N) is 2. The van der Waals surface area contributed by atoms with E-state index in [1.807, 2.05) is 18.2 Å². The molecule has 1 aliphatic carbocycles. The van der Waals surface area contributed by atoms with Crippen molar-refractivity contribution in [1.29, 1.82) is 0 Å². The van der Waals surface area contributed by atoms with Crippen molar-refractivity contribution >= 4 is 11.9 Å². The predicted octanol–water partition coefficient (Wildman–Crippen LogP) is 6.51. The van der Waals surface area contributed by atoms with Crippen LogP contribution < -0.4 is 0 Å². The Labute approximate surface area is 254 Å². The van der Waals surface area contributed by atoms with Crippen molar-refractivity contribution in [3.8, 4) is 0 Å². The summed E-state index contributed by atoms with van der Waals surface area (Å²) in [6, 6.07) is 0.359. The third-order valence-corrected chi connectivity index (χ3v) is 12.1. The number of piperidine rings is 2. The van der Waals surface area contributed by atoms with Crippen molar-refractivity contribution < 1.29 is 23.5 Å². The largest absolute Gasteiger partial charge is 0.454 e. The van der Waals surface area contributed by atoms with Crippen molar-refractivity contribution in [2.24, 2.45) is 17.3 Å². The highest BCUT2D eigenvalue weighted by Crippen LogP contribution is 2.72. The Balaban J connectivity index is 1.53. The van der Waals surface area contributed by atoms with Crippen molar-refractivity contribution in [3.05, 3.63) is 36.5 Å². The van der Waals surface area contributed by atoms with E-state index in [2.05, 4.69) is 23.1 Å². The number of quaternary nitrogens is 1. The van der Waals surface area contributed by atoms with Crippen LogP contribution in [-0.2, 0) is 19.1 Å². The van der Waals surface area contributed by atoms with Crippen LogP contribution in [0.3, 0.4) is 0 Å². The third-order valence-electron chi connectivity index (χ3n) is 12.1. The van der Waals surface area contributed by atoms with Crippen LogP contribution >= 0.6 is 0 Å². The first-order chi connectivity index (χ1) is 20.4. The number of carbonyl (C=O) groups is 2. The van der Waals surface area contributed by atoms with E-state index in [-0.39, 0.29) is 22.9 Å². The van der Waals surface area contributed by atoms with Crippen molar-refractivity contribution in [2.45, 2.75) is 128 Å². The zero-order valence-corrected chi connectivity index (χ0v) is 26.3. The predicted molar refractivity (Wildman–Crippen MR) is 166 cm³/mol. The molecular weight excluding hydrogens is 524 g/mol. The second-order valence-corrected chi connectivity index (χ2v) is 14.6. The number of rotatable bonds is 2. The summed E-state index contributed by atoms with van der Waals surface area (Å²) in [5.41, 5.74) is -0.0184. The van der Waals surface area contributed by atoms with Crippen LogP contribution in [0.25, 0.3) is 0 Å². The minimum absolute atomic E-state index is 0.237. The molecule has 42 heavy (non-hydrogen) atoms. The van der Waals surface area contributed by atoms with Gasteiger partial charge in [-0.15, -0.1) is 0 Å². The molecule has 0 aromatic rings. The van der Waals surface area contributed by atoms with Gasteiger partial charge in [0.15, 0.2) is 17.7 Å². The van der Waals surface area contributed by atoms with Crippen LogP contribution in [0.5, 0.6) is 0 Å². The van der Waals surface area contributed by atoms with E-state index >= 15 is 0 Å². The Bertz CT molecular complexity index is 1080. The molecule has 8 unspecified atom stereocenters. The van der Waals surface area contributed by atoms with Gasteiger partial charge in [0.05, 0.1) is 25.7 Å². The fraction of sp³-hybridized carbons (Fsp3) is 0.778. The maximum atomic E-state index is 13.1. The minimum atomic E-state index is -0.591. The summed E-state index contributed by atoms with van der Waals surface area (Å²) < 4.78 is 13.8. The molecule has 6 heteroatoms. The molecule has 3 spiro atoms. The van der Waals surface area contributed by atoms with Gasteiger partial charge in [-0.3, -0.25) is 14.5 Å². The third kappa shape index (κ3) is 5.23. The van der Waals surface area contributed by atoms with Crippen molar-refractivity contribution in [3.63, 3.8) is 0 Å². The smallest absolute Gasteiger partial charge is 0.303 e. The second-order valence-electron chi connectivity index (χ2n) is 14.6. The van der Waals surface area contributed by atoms with Crippen LogP contribution in [0, 0.1) is 17.3 Å². The summed E-state index contributed by atoms with van der Waals surface area (Å²) in [4.78, 5) is 28.6. The average Bonchev–Trinajstić information content (AvgIpc) is 3.26. The SMILES string of the molecule is CC(=O)OC1/C=C/C=C\C/C=C\CCC[N+]23CC4CC5(CCCCCCCCCCN6CCC4C2(C1OC(C)=O)C65)C3. The van der Waals surface area contributed by atoms with Gasteiger partial charge < -0.3 is 14.0 Å². The quantitative estimate of drug-likeness (QED) is 0.212. The molecule has 0 amide bonds. The highest BCUT2D eigenvalue weighted by molar-refractivity contribution is 5.68. The Kier molecular flexibility index (Phi) is 9.03. The molecule has 0 radical (unpaired) electrons. The maximum Gasteiger partial charge on any atom is 0.303 e. The highest BCUT2D eigenvalue weighted by Gasteiger charge is 2.86. The van der Waals surface area contributed by atoms with Gasteiger partial charge >= 0.3 is 11.9 Å². The summed E-state index contributed by atoms with van der Waals surface area (Å²) in [7, 11) is 0. The van der Waals surface area contributed by atoms with Crippen LogP contribution in [0.2, 0.25) is 0 Å². The molecule has 0 N–H and O–H groups in total. The first-order valence-corrected chi connectivity index (χ1v) is 17.3. The summed E-state index contributed by atoms with van der Waals surface area (Å²) in [5.74, 6) is 0.578. The van der Waals surface area contributed by atoms with E-state index < -0.39 is 12.2 Å². The summed E-state index contributed by atoms with van der Waals surface area (Å²) in [6.45, 7) is 8.85. The minimum Gasteiger partial charge on any atom is -0.454 e. The van der Waals surface area contributed by atoms with E-state index in [0.29, 0.717) is 17.9 Å². The van der Waals surface area contributed by atoms with Gasteiger partial charge in [-0.2, -0.15) is 0 Å². The number of hydrogen-bond acceptors (Lipinski definition) is 5. The fourth-order valence-electron chi connectivity index (χ4n) is 11.3.